The standard InChI is InChI=1S/C21H30N4O.3C2HF3O2/c22-14-18-4-3-5-19(12-18)15-24-8-9-25-17-21(13-20(25)16-24)26-11-10-23-6-1-2-7-23;3*3-2(4,5)1(6)7/h3-5,12,20-21H,1-2,6-11,13,15-17H2;3*(H,6,7)/t20-,21+;;;/m0.../s1. The van der Waals surface area contributed by atoms with Gasteiger partial charge >= 0.3 is 36.4 Å². The van der Waals surface area contributed by atoms with Gasteiger partial charge in [-0.15, -0.1) is 0 Å². The number of piperazine rings is 1. The summed E-state index contributed by atoms with van der Waals surface area (Å²) < 4.78 is 101. The Kier molecular flexibility index (Phi) is 16.4. The minimum atomic E-state index is -5.08. The zero-order valence-electron chi connectivity index (χ0n) is 24.6. The molecule has 0 aliphatic carbocycles. The number of halogens is 9. The van der Waals surface area contributed by atoms with E-state index in [2.05, 4.69) is 26.8 Å². The number of carboxylic acids is 3. The lowest BCUT2D eigenvalue weighted by atomic mass is 10.1. The molecule has 3 fully saturated rings. The van der Waals surface area contributed by atoms with Crippen molar-refractivity contribution in [1.29, 1.82) is 5.26 Å². The summed E-state index contributed by atoms with van der Waals surface area (Å²) in [6.45, 7) is 9.89. The highest BCUT2D eigenvalue weighted by Crippen LogP contribution is 2.25. The van der Waals surface area contributed by atoms with Crippen molar-refractivity contribution in [3.8, 4) is 6.07 Å². The number of nitrogens with zero attached hydrogens (tertiary/aromatic N) is 4. The first kappa shape index (κ1) is 41.4. The molecule has 11 nitrogen and oxygen atoms in total. The third-order valence-corrected chi connectivity index (χ3v) is 6.81. The molecule has 47 heavy (non-hydrogen) atoms. The van der Waals surface area contributed by atoms with Crippen LogP contribution in [0.25, 0.3) is 0 Å². The molecule has 3 saturated heterocycles. The van der Waals surface area contributed by atoms with Crippen LogP contribution in [-0.4, -0.2) is 131 Å². The Hall–Kier alpha value is -3.67. The van der Waals surface area contributed by atoms with E-state index in [4.69, 9.17) is 39.7 Å². The quantitative estimate of drug-likeness (QED) is 0.372. The van der Waals surface area contributed by atoms with Crippen LogP contribution in [0.5, 0.6) is 0 Å². The molecule has 3 heterocycles. The second-order valence-electron chi connectivity index (χ2n) is 10.4. The predicted molar refractivity (Wildman–Crippen MR) is 143 cm³/mol. The van der Waals surface area contributed by atoms with Gasteiger partial charge in [0.1, 0.15) is 0 Å². The van der Waals surface area contributed by atoms with Gasteiger partial charge < -0.3 is 25.0 Å². The second kappa shape index (κ2) is 18.6. The van der Waals surface area contributed by atoms with Crippen LogP contribution in [0.15, 0.2) is 24.3 Å². The summed E-state index contributed by atoms with van der Waals surface area (Å²) in [5, 5.41) is 30.4. The number of fused-ring (bicyclic) bond motifs is 1. The van der Waals surface area contributed by atoms with Gasteiger partial charge in [-0.2, -0.15) is 44.8 Å². The number of aliphatic carboxylic acids is 3. The molecule has 0 unspecified atom stereocenters. The lowest BCUT2D eigenvalue weighted by Crippen LogP contribution is -2.49. The van der Waals surface area contributed by atoms with E-state index in [0.717, 1.165) is 57.9 Å². The molecular formula is C27H33F9N4O7. The Bertz CT molecular complexity index is 1140. The van der Waals surface area contributed by atoms with Crippen molar-refractivity contribution in [2.45, 2.75) is 56.5 Å². The van der Waals surface area contributed by atoms with Gasteiger partial charge in [0.05, 0.1) is 24.3 Å². The Balaban J connectivity index is 0.000000430. The second-order valence-corrected chi connectivity index (χ2v) is 10.4. The van der Waals surface area contributed by atoms with E-state index < -0.39 is 36.4 Å². The average molecular weight is 697 g/mol. The van der Waals surface area contributed by atoms with Crippen LogP contribution in [0.4, 0.5) is 39.5 Å². The van der Waals surface area contributed by atoms with E-state index in [1.165, 1.54) is 31.5 Å². The van der Waals surface area contributed by atoms with Crippen LogP contribution in [-0.2, 0) is 25.7 Å². The zero-order chi connectivity index (χ0) is 36.0. The number of rotatable bonds is 6. The maximum atomic E-state index is 10.6. The minimum absolute atomic E-state index is 0.407. The number of carbonyl (C=O) groups is 3. The van der Waals surface area contributed by atoms with Gasteiger partial charge in [-0.25, -0.2) is 14.4 Å². The average Bonchev–Trinajstić information content (AvgIpc) is 3.62. The minimum Gasteiger partial charge on any atom is -0.475 e. The first-order valence-electron chi connectivity index (χ1n) is 13.8. The molecule has 1 aromatic carbocycles. The van der Waals surface area contributed by atoms with Crippen molar-refractivity contribution in [3.05, 3.63) is 35.4 Å². The number of benzene rings is 1. The van der Waals surface area contributed by atoms with Crippen molar-refractivity contribution in [3.63, 3.8) is 0 Å². The summed E-state index contributed by atoms with van der Waals surface area (Å²) in [6, 6.07) is 10.9. The van der Waals surface area contributed by atoms with Gasteiger partial charge in [-0.3, -0.25) is 9.80 Å². The molecule has 0 amide bonds. The van der Waals surface area contributed by atoms with Gasteiger partial charge in [-0.1, -0.05) is 12.1 Å². The third kappa shape index (κ3) is 16.6. The number of carboxylic acid groups (broad SMARTS) is 3. The molecule has 0 radical (unpaired) electrons. The molecule has 0 saturated carbocycles. The van der Waals surface area contributed by atoms with E-state index in [1.54, 1.807) is 0 Å². The number of nitriles is 1. The third-order valence-electron chi connectivity index (χ3n) is 6.81. The molecule has 0 bridgehead atoms. The maximum absolute atomic E-state index is 10.6. The highest BCUT2D eigenvalue weighted by molar-refractivity contribution is 5.73. The first-order chi connectivity index (χ1) is 21.6. The zero-order valence-corrected chi connectivity index (χ0v) is 24.6. The van der Waals surface area contributed by atoms with Gasteiger partial charge in [0.25, 0.3) is 0 Å². The molecule has 0 spiro atoms. The summed E-state index contributed by atoms with van der Waals surface area (Å²) in [7, 11) is 0. The van der Waals surface area contributed by atoms with Gasteiger partial charge in [0.2, 0.25) is 0 Å². The number of ether oxygens (including phenoxy) is 1. The largest absolute Gasteiger partial charge is 0.490 e. The van der Waals surface area contributed by atoms with Crippen LogP contribution in [0.3, 0.4) is 0 Å². The van der Waals surface area contributed by atoms with Crippen LogP contribution in [0.1, 0.15) is 30.4 Å². The van der Waals surface area contributed by atoms with Crippen molar-refractivity contribution < 1.29 is 74.0 Å². The fourth-order valence-corrected chi connectivity index (χ4v) is 4.68. The van der Waals surface area contributed by atoms with Gasteiger partial charge in [-0.05, 0) is 50.0 Å². The van der Waals surface area contributed by atoms with Gasteiger partial charge in [0, 0.05) is 45.3 Å². The number of hydrogen-bond donors (Lipinski definition) is 3. The van der Waals surface area contributed by atoms with E-state index in [9.17, 15) is 39.5 Å². The molecular weight excluding hydrogens is 663 g/mol. The van der Waals surface area contributed by atoms with Crippen LogP contribution in [0, 0.1) is 11.3 Å². The van der Waals surface area contributed by atoms with E-state index in [0.29, 0.717) is 12.1 Å². The molecule has 4 rings (SSSR count). The van der Waals surface area contributed by atoms with Gasteiger partial charge in [0.15, 0.2) is 0 Å². The maximum Gasteiger partial charge on any atom is 0.490 e. The lowest BCUT2D eigenvalue weighted by Gasteiger charge is -2.37. The number of likely N-dealkylation sites (tertiary alicyclic amines) is 1. The highest BCUT2D eigenvalue weighted by atomic mass is 19.4. The molecule has 1 aromatic rings. The van der Waals surface area contributed by atoms with Crippen LogP contribution >= 0.6 is 0 Å². The molecule has 3 N–H and O–H groups in total. The Labute approximate surface area is 262 Å². The SMILES string of the molecule is N#Cc1cccc(CN2CCN3C[C@H](OCCN4CCCC4)C[C@H]3C2)c1.O=C(O)C(F)(F)F.O=C(O)C(F)(F)F.O=C(O)C(F)(F)F. The van der Waals surface area contributed by atoms with Crippen molar-refractivity contribution in [1.82, 2.24) is 14.7 Å². The Morgan fingerprint density at radius 3 is 1.79 bits per heavy atom. The predicted octanol–water partition coefficient (Wildman–Crippen LogP) is 3.83. The van der Waals surface area contributed by atoms with E-state index in [-0.39, 0.29) is 0 Å². The molecule has 266 valence electrons. The van der Waals surface area contributed by atoms with Crippen LogP contribution < -0.4 is 0 Å². The summed E-state index contributed by atoms with van der Waals surface area (Å²) >= 11 is 0. The van der Waals surface area contributed by atoms with Crippen molar-refractivity contribution in [2.75, 3.05) is 52.4 Å². The van der Waals surface area contributed by atoms with E-state index >= 15 is 0 Å². The topological polar surface area (TPSA) is 155 Å². The molecule has 3 aliphatic rings. The molecule has 0 aromatic heterocycles. The number of alkyl halides is 9. The van der Waals surface area contributed by atoms with Crippen LogP contribution in [0.2, 0.25) is 0 Å². The fraction of sp³-hybridized carbons (Fsp3) is 0.630. The molecule has 2 atom stereocenters. The normalized spacial score (nSPS) is 20.3. The lowest BCUT2D eigenvalue weighted by molar-refractivity contribution is -0.193. The van der Waals surface area contributed by atoms with Crippen molar-refractivity contribution >= 4 is 17.9 Å². The van der Waals surface area contributed by atoms with Crippen molar-refractivity contribution in [2.24, 2.45) is 0 Å². The monoisotopic (exact) mass is 696 g/mol. The number of hydrogen-bond acceptors (Lipinski definition) is 8. The summed E-state index contributed by atoms with van der Waals surface area (Å²) in [5.41, 5.74) is 2.00. The fourth-order valence-electron chi connectivity index (χ4n) is 4.68. The van der Waals surface area contributed by atoms with E-state index in [1.807, 2.05) is 18.2 Å². The Morgan fingerprint density at radius 1 is 0.809 bits per heavy atom. The first-order valence-corrected chi connectivity index (χ1v) is 13.8. The summed E-state index contributed by atoms with van der Waals surface area (Å²) in [6.07, 6.45) is -11.0. The molecule has 3 aliphatic heterocycles. The summed E-state index contributed by atoms with van der Waals surface area (Å²) in [5.74, 6) is -8.27. The Morgan fingerprint density at radius 2 is 1.32 bits per heavy atom. The smallest absolute Gasteiger partial charge is 0.475 e. The summed E-state index contributed by atoms with van der Waals surface area (Å²) in [4.78, 5) is 34.4. The molecule has 20 heteroatoms. The highest BCUT2D eigenvalue weighted by Gasteiger charge is 2.40.